The van der Waals surface area contributed by atoms with Crippen LogP contribution in [0.5, 0.6) is 0 Å². The summed E-state index contributed by atoms with van der Waals surface area (Å²) in [5.74, 6) is -0.432. The SMILES string of the molecule is Cc1occc1C(=O)NNC(=O)c1cc(-c2ccc(Cl)s2)nc2ccccc12. The number of hydrogen-bond donors (Lipinski definition) is 2. The maximum Gasteiger partial charge on any atom is 0.273 e. The second-order valence-electron chi connectivity index (χ2n) is 5.97. The molecule has 0 radical (unpaired) electrons. The van der Waals surface area contributed by atoms with Crippen LogP contribution in [0.4, 0.5) is 0 Å². The van der Waals surface area contributed by atoms with Crippen molar-refractivity contribution in [1.29, 1.82) is 0 Å². The molecule has 28 heavy (non-hydrogen) atoms. The van der Waals surface area contributed by atoms with Crippen LogP contribution in [0.2, 0.25) is 4.34 Å². The van der Waals surface area contributed by atoms with E-state index in [1.165, 1.54) is 23.7 Å². The molecule has 0 unspecified atom stereocenters. The molecular formula is C20H14ClN3O3S. The number of nitrogens with one attached hydrogen (secondary N) is 2. The number of nitrogens with zero attached hydrogens (tertiary/aromatic N) is 1. The molecular weight excluding hydrogens is 398 g/mol. The van der Waals surface area contributed by atoms with Gasteiger partial charge in [-0.25, -0.2) is 4.98 Å². The van der Waals surface area contributed by atoms with Gasteiger partial charge >= 0.3 is 0 Å². The molecule has 3 heterocycles. The lowest BCUT2D eigenvalue weighted by Crippen LogP contribution is -2.41. The molecule has 0 saturated heterocycles. The minimum atomic E-state index is -0.455. The predicted octanol–water partition coefficient (Wildman–Crippen LogP) is 4.59. The third kappa shape index (κ3) is 3.49. The van der Waals surface area contributed by atoms with E-state index in [0.29, 0.717) is 37.8 Å². The van der Waals surface area contributed by atoms with E-state index >= 15 is 0 Å². The van der Waals surface area contributed by atoms with E-state index in [4.69, 9.17) is 16.0 Å². The van der Waals surface area contributed by atoms with Crippen molar-refractivity contribution in [3.8, 4) is 10.6 Å². The zero-order valence-corrected chi connectivity index (χ0v) is 16.2. The fourth-order valence-corrected chi connectivity index (χ4v) is 3.81. The number of carbonyl (C=O) groups excluding carboxylic acids is 2. The molecule has 0 atom stereocenters. The second-order valence-corrected chi connectivity index (χ2v) is 7.69. The van der Waals surface area contributed by atoms with Crippen LogP contribution >= 0.6 is 22.9 Å². The normalized spacial score (nSPS) is 10.8. The van der Waals surface area contributed by atoms with Crippen LogP contribution in [0.25, 0.3) is 21.5 Å². The number of amides is 2. The van der Waals surface area contributed by atoms with Crippen molar-refractivity contribution in [3.05, 3.63) is 76.0 Å². The summed E-state index contributed by atoms with van der Waals surface area (Å²) in [6.45, 7) is 1.67. The van der Waals surface area contributed by atoms with Gasteiger partial charge in [0.25, 0.3) is 11.8 Å². The number of benzene rings is 1. The number of hydrazine groups is 1. The predicted molar refractivity (Wildman–Crippen MR) is 108 cm³/mol. The van der Waals surface area contributed by atoms with Crippen LogP contribution in [0, 0.1) is 6.92 Å². The number of pyridine rings is 1. The molecule has 8 heteroatoms. The molecule has 0 bridgehead atoms. The number of aromatic nitrogens is 1. The minimum Gasteiger partial charge on any atom is -0.469 e. The monoisotopic (exact) mass is 411 g/mol. The highest BCUT2D eigenvalue weighted by Crippen LogP contribution is 2.32. The molecule has 2 amide bonds. The first-order valence-corrected chi connectivity index (χ1v) is 9.52. The average molecular weight is 412 g/mol. The Hall–Kier alpha value is -3.16. The fraction of sp³-hybridized carbons (Fsp3) is 0.0500. The van der Waals surface area contributed by atoms with Gasteiger partial charge in [-0.15, -0.1) is 11.3 Å². The molecule has 0 aliphatic heterocycles. The first-order chi connectivity index (χ1) is 13.5. The third-order valence-electron chi connectivity index (χ3n) is 4.18. The zero-order valence-electron chi connectivity index (χ0n) is 14.7. The molecule has 0 aliphatic carbocycles. The van der Waals surface area contributed by atoms with Gasteiger partial charge in [0, 0.05) is 5.39 Å². The quantitative estimate of drug-likeness (QED) is 0.483. The van der Waals surface area contributed by atoms with E-state index in [1.54, 1.807) is 19.1 Å². The summed E-state index contributed by atoms with van der Waals surface area (Å²) in [5, 5.41) is 0.681. The minimum absolute atomic E-state index is 0.355. The molecule has 1 aromatic carbocycles. The Morgan fingerprint density at radius 3 is 2.46 bits per heavy atom. The van der Waals surface area contributed by atoms with Gasteiger partial charge in [0.15, 0.2) is 0 Å². The first kappa shape index (κ1) is 18.2. The highest BCUT2D eigenvalue weighted by Gasteiger charge is 2.17. The van der Waals surface area contributed by atoms with Crippen LogP contribution in [0.3, 0.4) is 0 Å². The van der Waals surface area contributed by atoms with Crippen LogP contribution in [-0.4, -0.2) is 16.8 Å². The maximum atomic E-state index is 12.8. The van der Waals surface area contributed by atoms with Crippen molar-refractivity contribution in [2.45, 2.75) is 6.92 Å². The van der Waals surface area contributed by atoms with Gasteiger partial charge in [-0.1, -0.05) is 29.8 Å². The average Bonchev–Trinajstić information content (AvgIpc) is 3.33. The van der Waals surface area contributed by atoms with Gasteiger partial charge in [-0.3, -0.25) is 20.4 Å². The van der Waals surface area contributed by atoms with E-state index in [9.17, 15) is 9.59 Å². The van der Waals surface area contributed by atoms with E-state index in [-0.39, 0.29) is 0 Å². The van der Waals surface area contributed by atoms with Gasteiger partial charge in [0.05, 0.1) is 37.8 Å². The van der Waals surface area contributed by atoms with Gasteiger partial charge in [0.2, 0.25) is 0 Å². The summed E-state index contributed by atoms with van der Waals surface area (Å²) in [6.07, 6.45) is 1.42. The highest BCUT2D eigenvalue weighted by molar-refractivity contribution is 7.19. The maximum absolute atomic E-state index is 12.8. The first-order valence-electron chi connectivity index (χ1n) is 8.33. The summed E-state index contributed by atoms with van der Waals surface area (Å²) in [4.78, 5) is 30.5. The fourth-order valence-electron chi connectivity index (χ4n) is 2.81. The number of rotatable bonds is 3. The van der Waals surface area contributed by atoms with Crippen LogP contribution in [0.1, 0.15) is 26.5 Å². The molecule has 0 saturated carbocycles. The van der Waals surface area contributed by atoms with Crippen LogP contribution in [0.15, 0.2) is 59.2 Å². The third-order valence-corrected chi connectivity index (χ3v) is 5.43. The lowest BCUT2D eigenvalue weighted by atomic mass is 10.1. The Bertz CT molecular complexity index is 1200. The van der Waals surface area contributed by atoms with Crippen LogP contribution < -0.4 is 10.9 Å². The van der Waals surface area contributed by atoms with Gasteiger partial charge in [0.1, 0.15) is 5.76 Å². The Kier molecular flexibility index (Phi) is 4.85. The number of halogens is 1. The standard InChI is InChI=1S/C20H14ClN3O3S/c1-11-12(8-9-27-11)19(25)23-24-20(26)14-10-16(17-6-7-18(21)28-17)22-15-5-3-2-4-13(14)15/h2-10H,1H3,(H,23,25)(H,24,26). The molecule has 2 N–H and O–H groups in total. The van der Waals surface area contributed by atoms with Crippen LogP contribution in [-0.2, 0) is 0 Å². The van der Waals surface area contributed by atoms with Crippen molar-refractivity contribution in [2.75, 3.05) is 0 Å². The number of carbonyl (C=O) groups is 2. The van der Waals surface area contributed by atoms with E-state index in [2.05, 4.69) is 15.8 Å². The summed E-state index contributed by atoms with van der Waals surface area (Å²) in [5.41, 5.74) is 6.94. The number of fused-ring (bicyclic) bond motifs is 1. The molecule has 0 fully saturated rings. The Labute approximate surface area is 169 Å². The largest absolute Gasteiger partial charge is 0.469 e. The number of furan rings is 1. The van der Waals surface area contributed by atoms with Gasteiger partial charge in [-0.05, 0) is 37.3 Å². The molecule has 4 aromatic rings. The van der Waals surface area contributed by atoms with Crippen molar-refractivity contribution in [2.24, 2.45) is 0 Å². The Balaban J connectivity index is 1.65. The van der Waals surface area contributed by atoms with E-state index in [0.717, 1.165) is 4.88 Å². The smallest absolute Gasteiger partial charge is 0.273 e. The molecule has 6 nitrogen and oxygen atoms in total. The molecule has 4 rings (SSSR count). The van der Waals surface area contributed by atoms with Crippen molar-refractivity contribution in [3.63, 3.8) is 0 Å². The Morgan fingerprint density at radius 1 is 1.04 bits per heavy atom. The lowest BCUT2D eigenvalue weighted by Gasteiger charge is -2.10. The number of aryl methyl sites for hydroxylation is 1. The van der Waals surface area contributed by atoms with Crippen molar-refractivity contribution >= 4 is 45.7 Å². The molecule has 3 aromatic heterocycles. The van der Waals surface area contributed by atoms with E-state index in [1.807, 2.05) is 30.3 Å². The molecule has 140 valence electrons. The summed E-state index contributed by atoms with van der Waals surface area (Å²) in [7, 11) is 0. The lowest BCUT2D eigenvalue weighted by molar-refractivity contribution is 0.0846. The summed E-state index contributed by atoms with van der Waals surface area (Å²) < 4.78 is 5.75. The zero-order chi connectivity index (χ0) is 19.7. The van der Waals surface area contributed by atoms with E-state index < -0.39 is 11.8 Å². The second kappa shape index (κ2) is 7.46. The van der Waals surface area contributed by atoms with Gasteiger partial charge in [-0.2, -0.15) is 0 Å². The number of para-hydroxylation sites is 1. The summed E-state index contributed by atoms with van der Waals surface area (Å²) >= 11 is 7.41. The van der Waals surface area contributed by atoms with Crippen molar-refractivity contribution in [1.82, 2.24) is 15.8 Å². The number of thiophene rings is 1. The van der Waals surface area contributed by atoms with Gasteiger partial charge < -0.3 is 4.42 Å². The molecule has 0 spiro atoms. The van der Waals surface area contributed by atoms with Crippen molar-refractivity contribution < 1.29 is 14.0 Å². The number of hydrogen-bond acceptors (Lipinski definition) is 5. The summed E-state index contributed by atoms with van der Waals surface area (Å²) in [6, 6.07) is 14.2. The Morgan fingerprint density at radius 2 is 1.79 bits per heavy atom. The highest BCUT2D eigenvalue weighted by atomic mass is 35.5. The topological polar surface area (TPSA) is 84.2 Å². The molecule has 0 aliphatic rings.